The summed E-state index contributed by atoms with van der Waals surface area (Å²) in [6.45, 7) is 3.32. The Hall–Kier alpha value is -2.77. The number of morpholine rings is 1. The van der Waals surface area contributed by atoms with Crippen molar-refractivity contribution in [2.24, 2.45) is 0 Å². The maximum Gasteiger partial charge on any atom is 0.290 e. The van der Waals surface area contributed by atoms with E-state index in [1.807, 2.05) is 42.9 Å². The van der Waals surface area contributed by atoms with E-state index in [0.717, 1.165) is 48.5 Å². The average molecular weight is 354 g/mol. The van der Waals surface area contributed by atoms with Crippen molar-refractivity contribution in [1.29, 1.82) is 0 Å². The molecule has 136 valence electrons. The highest BCUT2D eigenvalue weighted by Gasteiger charge is 2.20. The van der Waals surface area contributed by atoms with Crippen LogP contribution in [0.5, 0.6) is 0 Å². The second-order valence-corrected chi connectivity index (χ2v) is 6.14. The molecule has 1 atom stereocenters. The van der Waals surface area contributed by atoms with E-state index < -0.39 is 0 Å². The van der Waals surface area contributed by atoms with E-state index in [-0.39, 0.29) is 12.6 Å². The number of carboxylic acid groups (broad SMARTS) is 1. The second-order valence-electron chi connectivity index (χ2n) is 6.14. The maximum absolute atomic E-state index is 8.36. The van der Waals surface area contributed by atoms with Gasteiger partial charge >= 0.3 is 0 Å². The monoisotopic (exact) mass is 354 g/mol. The summed E-state index contributed by atoms with van der Waals surface area (Å²) in [5.74, 6) is 0.973. The molecule has 0 bridgehead atoms. The lowest BCUT2D eigenvalue weighted by Crippen LogP contribution is -2.41. The predicted octanol–water partition coefficient (Wildman–Crippen LogP) is 2.13. The lowest BCUT2D eigenvalue weighted by Gasteiger charge is -2.30. The minimum absolute atomic E-state index is 0.204. The highest BCUT2D eigenvalue weighted by molar-refractivity contribution is 5.92. The van der Waals surface area contributed by atoms with Crippen LogP contribution >= 0.6 is 0 Å². The summed E-state index contributed by atoms with van der Waals surface area (Å²) in [6.07, 6.45) is 5.94. The predicted molar refractivity (Wildman–Crippen MR) is 98.9 cm³/mol. The van der Waals surface area contributed by atoms with Crippen LogP contribution in [0.3, 0.4) is 0 Å². The third-order valence-electron chi connectivity index (χ3n) is 4.35. The Kier molecular flexibility index (Phi) is 5.93. The van der Waals surface area contributed by atoms with Crippen LogP contribution < -0.4 is 0 Å². The van der Waals surface area contributed by atoms with Crippen molar-refractivity contribution in [3.05, 3.63) is 48.9 Å². The standard InChI is InChI=1S/C18H20N4O.CH2O2/c1-21-10-11-23-14(12-21)13-22-9-8-20-18(22)16-6-7-19-17-5-3-2-4-15(16)17;2-1-3/h2-9,14H,10-13H2,1H3;1H,(H,2,3). The molecule has 0 radical (unpaired) electrons. The minimum atomic E-state index is -0.250. The topological polar surface area (TPSA) is 80.5 Å². The van der Waals surface area contributed by atoms with Crippen molar-refractivity contribution in [3.8, 4) is 11.4 Å². The zero-order valence-electron chi connectivity index (χ0n) is 14.7. The Morgan fingerprint density at radius 3 is 2.88 bits per heavy atom. The summed E-state index contributed by atoms with van der Waals surface area (Å²) in [7, 11) is 2.14. The summed E-state index contributed by atoms with van der Waals surface area (Å²) in [4.78, 5) is 19.7. The average Bonchev–Trinajstić information content (AvgIpc) is 3.10. The van der Waals surface area contributed by atoms with E-state index in [1.54, 1.807) is 0 Å². The number of aromatic nitrogens is 3. The number of rotatable bonds is 3. The third-order valence-corrected chi connectivity index (χ3v) is 4.35. The number of carbonyl (C=O) groups is 1. The van der Waals surface area contributed by atoms with Crippen LogP contribution in [0.25, 0.3) is 22.3 Å². The van der Waals surface area contributed by atoms with Crippen LogP contribution in [-0.4, -0.2) is 63.9 Å². The number of pyridine rings is 1. The molecular formula is C19H22N4O3. The molecule has 7 nitrogen and oxygen atoms in total. The number of fused-ring (bicyclic) bond motifs is 1. The molecule has 0 amide bonds. The van der Waals surface area contributed by atoms with Gasteiger partial charge in [-0.15, -0.1) is 0 Å². The summed E-state index contributed by atoms with van der Waals surface area (Å²) in [5, 5.41) is 8.02. The molecule has 26 heavy (non-hydrogen) atoms. The van der Waals surface area contributed by atoms with Gasteiger partial charge in [-0.3, -0.25) is 9.78 Å². The number of imidazole rings is 1. The van der Waals surface area contributed by atoms with Crippen molar-refractivity contribution < 1.29 is 14.6 Å². The number of nitrogens with zero attached hydrogens (tertiary/aromatic N) is 4. The zero-order chi connectivity index (χ0) is 18.4. The molecule has 0 saturated carbocycles. The van der Waals surface area contributed by atoms with Gasteiger partial charge in [-0.05, 0) is 19.2 Å². The van der Waals surface area contributed by atoms with Gasteiger partial charge in [0.1, 0.15) is 5.82 Å². The Balaban J connectivity index is 0.000000613. The first-order valence-corrected chi connectivity index (χ1v) is 8.46. The van der Waals surface area contributed by atoms with E-state index in [4.69, 9.17) is 14.6 Å². The van der Waals surface area contributed by atoms with Crippen molar-refractivity contribution in [3.63, 3.8) is 0 Å². The Labute approximate surface area is 151 Å². The fourth-order valence-electron chi connectivity index (χ4n) is 3.19. The summed E-state index contributed by atoms with van der Waals surface area (Å²) < 4.78 is 8.08. The van der Waals surface area contributed by atoms with Gasteiger partial charge in [-0.25, -0.2) is 4.98 Å². The van der Waals surface area contributed by atoms with Crippen LogP contribution in [-0.2, 0) is 16.1 Å². The molecule has 0 spiro atoms. The van der Waals surface area contributed by atoms with Gasteiger partial charge in [0.05, 0.1) is 24.8 Å². The zero-order valence-corrected chi connectivity index (χ0v) is 14.7. The fourth-order valence-corrected chi connectivity index (χ4v) is 3.19. The SMILES string of the molecule is CN1CCOC(Cn2ccnc2-c2ccnc3ccccc23)C1.O=CO. The molecule has 7 heteroatoms. The van der Waals surface area contributed by atoms with Gasteiger partial charge in [0.2, 0.25) is 0 Å². The Morgan fingerprint density at radius 2 is 2.08 bits per heavy atom. The van der Waals surface area contributed by atoms with Gasteiger partial charge in [0.25, 0.3) is 6.47 Å². The van der Waals surface area contributed by atoms with Crippen molar-refractivity contribution >= 4 is 17.4 Å². The van der Waals surface area contributed by atoms with E-state index >= 15 is 0 Å². The van der Waals surface area contributed by atoms with Crippen molar-refractivity contribution in [2.75, 3.05) is 26.7 Å². The van der Waals surface area contributed by atoms with Gasteiger partial charge in [0, 0.05) is 42.6 Å². The van der Waals surface area contributed by atoms with Crippen LogP contribution in [0.2, 0.25) is 0 Å². The van der Waals surface area contributed by atoms with Gasteiger partial charge in [-0.1, -0.05) is 18.2 Å². The highest BCUT2D eigenvalue weighted by atomic mass is 16.5. The molecule has 0 aliphatic carbocycles. The number of benzene rings is 1. The largest absolute Gasteiger partial charge is 0.483 e. The van der Waals surface area contributed by atoms with E-state index in [1.165, 1.54) is 0 Å². The van der Waals surface area contributed by atoms with E-state index in [0.29, 0.717) is 0 Å². The quantitative estimate of drug-likeness (QED) is 0.726. The number of para-hydroxylation sites is 1. The second kappa shape index (κ2) is 8.55. The lowest BCUT2D eigenvalue weighted by molar-refractivity contribution is -0.122. The number of hydrogen-bond donors (Lipinski definition) is 1. The summed E-state index contributed by atoms with van der Waals surface area (Å²) in [5.41, 5.74) is 2.11. The van der Waals surface area contributed by atoms with Gasteiger partial charge < -0.3 is 19.3 Å². The summed E-state index contributed by atoms with van der Waals surface area (Å²) in [6, 6.07) is 10.2. The fraction of sp³-hybridized carbons (Fsp3) is 0.316. The number of hydrogen-bond acceptors (Lipinski definition) is 5. The molecule has 2 aromatic heterocycles. The number of likely N-dealkylation sites (N-methyl/N-ethyl adjacent to an activating group) is 1. The Bertz CT molecular complexity index is 859. The van der Waals surface area contributed by atoms with Gasteiger partial charge in [-0.2, -0.15) is 0 Å². The Morgan fingerprint density at radius 1 is 1.27 bits per heavy atom. The smallest absolute Gasteiger partial charge is 0.290 e. The van der Waals surface area contributed by atoms with Crippen LogP contribution in [0.15, 0.2) is 48.9 Å². The van der Waals surface area contributed by atoms with Crippen LogP contribution in [0.4, 0.5) is 0 Å². The molecule has 4 rings (SSSR count). The van der Waals surface area contributed by atoms with E-state index in [2.05, 4.69) is 32.5 Å². The van der Waals surface area contributed by atoms with E-state index in [9.17, 15) is 0 Å². The normalized spacial score (nSPS) is 17.5. The van der Waals surface area contributed by atoms with Crippen LogP contribution in [0, 0.1) is 0 Å². The molecule has 1 fully saturated rings. The minimum Gasteiger partial charge on any atom is -0.483 e. The molecule has 3 aromatic rings. The molecule has 1 N–H and O–H groups in total. The maximum atomic E-state index is 8.36. The molecular weight excluding hydrogens is 332 g/mol. The molecule has 1 aliphatic rings. The van der Waals surface area contributed by atoms with Crippen LogP contribution in [0.1, 0.15) is 0 Å². The van der Waals surface area contributed by atoms with Crippen molar-refractivity contribution in [1.82, 2.24) is 19.4 Å². The third kappa shape index (κ3) is 4.07. The highest BCUT2D eigenvalue weighted by Crippen LogP contribution is 2.26. The first-order valence-electron chi connectivity index (χ1n) is 8.46. The summed E-state index contributed by atoms with van der Waals surface area (Å²) >= 11 is 0. The first kappa shape index (κ1) is 18.0. The number of ether oxygens (including phenoxy) is 1. The molecule has 1 unspecified atom stereocenters. The molecule has 3 heterocycles. The molecule has 1 aromatic carbocycles. The van der Waals surface area contributed by atoms with Crippen molar-refractivity contribution in [2.45, 2.75) is 12.6 Å². The first-order chi connectivity index (χ1) is 12.7. The van der Waals surface area contributed by atoms with Gasteiger partial charge in [0.15, 0.2) is 0 Å². The lowest BCUT2D eigenvalue weighted by atomic mass is 10.1. The molecule has 1 aliphatic heterocycles. The molecule has 1 saturated heterocycles.